The standard InChI is InChI=1S/C42H56N2O5.C39H41Cl2F6N3O4/c1-3-4-31-48-41(46)32-35-23-21-34(22-24-35)15-9-6-5-7-12-20-40(45)43(2)29-30-44-27-25-38(26-28-44)49-42(47)33-37-18-13-14-19-39(37)36-16-10-8-11-17-36;1-3-48(2)34(51)23-53-33-20-25-6-4-5-7-30(25)36(33)10-13-49(14-11-36)15-12-37(27-8-9-31(40)32(41)22-27)24-50(16-17-54-37)35(52)26-18-28(38(42,43)44)21-29(19-26)39(45,46)47/h8,10-11,13-14,16-19,21-24,38H,3-7,9,12,15,20,25-33H2,1-2H3;4-9,18-19,21-22,33H,3,10-17,20,23-24H2,1-2H3/t;33-,37-/m.0/s1. The molecule has 3 fully saturated rings. The van der Waals surface area contributed by atoms with Crippen LogP contribution in [0.15, 0.2) is 140 Å². The zero-order valence-corrected chi connectivity index (χ0v) is 61.1. The Morgan fingerprint density at radius 3 is 1.98 bits per heavy atom. The summed E-state index contributed by atoms with van der Waals surface area (Å²) in [5.74, 6) is -1.16. The monoisotopic (exact) mass is 1470 g/mol. The van der Waals surface area contributed by atoms with E-state index in [1.807, 2.05) is 79.5 Å². The van der Waals surface area contributed by atoms with Crippen molar-refractivity contribution in [2.45, 2.75) is 159 Å². The minimum Gasteiger partial charge on any atom is -0.465 e. The van der Waals surface area contributed by atoms with E-state index in [1.165, 1.54) is 21.6 Å². The number of alkyl halides is 6. The maximum Gasteiger partial charge on any atom is 0.416 e. The summed E-state index contributed by atoms with van der Waals surface area (Å²) in [6.07, 6.45) is 3.36. The summed E-state index contributed by atoms with van der Waals surface area (Å²) in [6.45, 7) is 10.0. The van der Waals surface area contributed by atoms with Crippen LogP contribution >= 0.6 is 23.2 Å². The number of benzene rings is 6. The van der Waals surface area contributed by atoms with E-state index in [2.05, 4.69) is 59.2 Å². The van der Waals surface area contributed by atoms with Gasteiger partial charge in [-0.1, -0.05) is 165 Å². The van der Waals surface area contributed by atoms with Crippen LogP contribution in [0.1, 0.15) is 152 Å². The first-order valence-electron chi connectivity index (χ1n) is 36.2. The number of esters is 2. The normalized spacial score (nSPS) is 17.8. The van der Waals surface area contributed by atoms with Gasteiger partial charge in [0, 0.05) is 77.3 Å². The maximum absolute atomic E-state index is 13.8. The first-order valence-corrected chi connectivity index (χ1v) is 37.0. The van der Waals surface area contributed by atoms with Crippen LogP contribution < -0.4 is 0 Å². The average molecular weight is 1470 g/mol. The number of piperidine rings is 2. The number of hydrogen-bond donors (Lipinski definition) is 0. The molecule has 3 saturated heterocycles. The molecule has 1 aliphatic carbocycles. The largest absolute Gasteiger partial charge is 0.465 e. The van der Waals surface area contributed by atoms with E-state index in [0.717, 1.165) is 125 Å². The molecule has 0 bridgehead atoms. The third-order valence-corrected chi connectivity index (χ3v) is 21.4. The molecule has 22 heteroatoms. The van der Waals surface area contributed by atoms with Gasteiger partial charge in [-0.25, -0.2) is 0 Å². The number of likely N-dealkylation sites (tertiary alicyclic amines) is 2. The van der Waals surface area contributed by atoms with Crippen LogP contribution in [0.4, 0.5) is 26.3 Å². The Hall–Kier alpha value is -7.33. The van der Waals surface area contributed by atoms with Crippen molar-refractivity contribution in [3.63, 3.8) is 0 Å². The maximum atomic E-state index is 13.8. The number of ether oxygens (including phenoxy) is 4. The molecule has 3 aliphatic heterocycles. The third kappa shape index (κ3) is 22.4. The quantitative estimate of drug-likeness (QED) is 0.0252. The number of rotatable bonds is 29. The molecule has 3 heterocycles. The Morgan fingerprint density at radius 1 is 0.641 bits per heavy atom. The second-order valence-corrected chi connectivity index (χ2v) is 28.5. The smallest absolute Gasteiger partial charge is 0.416 e. The predicted octanol–water partition coefficient (Wildman–Crippen LogP) is 16.1. The van der Waals surface area contributed by atoms with Crippen molar-refractivity contribution in [1.82, 2.24) is 24.5 Å². The van der Waals surface area contributed by atoms with Gasteiger partial charge >= 0.3 is 24.3 Å². The highest BCUT2D eigenvalue weighted by molar-refractivity contribution is 6.42. The second kappa shape index (κ2) is 37.6. The number of aryl methyl sites for hydroxylation is 1. The van der Waals surface area contributed by atoms with Gasteiger partial charge in [0.1, 0.15) is 18.3 Å². The molecule has 14 nitrogen and oxygen atoms in total. The second-order valence-electron chi connectivity index (χ2n) is 27.7. The lowest BCUT2D eigenvalue weighted by molar-refractivity contribution is -0.150. The van der Waals surface area contributed by atoms with E-state index in [4.69, 9.17) is 42.1 Å². The lowest BCUT2D eigenvalue weighted by Gasteiger charge is -2.46. The Bertz CT molecular complexity index is 3740. The van der Waals surface area contributed by atoms with Crippen LogP contribution in [0.5, 0.6) is 0 Å². The van der Waals surface area contributed by atoms with Gasteiger partial charge in [0.25, 0.3) is 5.91 Å². The number of carbonyl (C=O) groups is 5. The summed E-state index contributed by atoms with van der Waals surface area (Å²) in [5, 5.41) is 0.503. The number of halogens is 8. The summed E-state index contributed by atoms with van der Waals surface area (Å²) in [6, 6.07) is 40.6. The first-order chi connectivity index (χ1) is 49.4. The molecule has 0 N–H and O–H groups in total. The number of fused-ring (bicyclic) bond motifs is 2. The molecule has 3 amide bonds. The lowest BCUT2D eigenvalue weighted by atomic mass is 9.72. The average Bonchev–Trinajstić information content (AvgIpc) is 1.62. The summed E-state index contributed by atoms with van der Waals surface area (Å²) < 4.78 is 106. The van der Waals surface area contributed by atoms with Gasteiger partial charge in [0.05, 0.1) is 59.9 Å². The number of morpholine rings is 1. The van der Waals surface area contributed by atoms with E-state index >= 15 is 0 Å². The van der Waals surface area contributed by atoms with Crippen molar-refractivity contribution in [3.05, 3.63) is 200 Å². The minimum absolute atomic E-state index is 0.00192. The van der Waals surface area contributed by atoms with Crippen molar-refractivity contribution >= 4 is 52.9 Å². The molecule has 6 aromatic carbocycles. The molecule has 556 valence electrons. The van der Waals surface area contributed by atoms with E-state index < -0.39 is 40.6 Å². The highest BCUT2D eigenvalue weighted by Gasteiger charge is 2.50. The molecule has 10 rings (SSSR count). The van der Waals surface area contributed by atoms with Crippen LogP contribution in [0.2, 0.25) is 10.0 Å². The Balaban J connectivity index is 0.000000241. The van der Waals surface area contributed by atoms with Crippen LogP contribution in [0, 0.1) is 0 Å². The summed E-state index contributed by atoms with van der Waals surface area (Å²) in [7, 11) is 3.65. The highest BCUT2D eigenvalue weighted by Crippen LogP contribution is 2.49. The fraction of sp³-hybridized carbons (Fsp3) is 0.494. The Morgan fingerprint density at radius 2 is 1.29 bits per heavy atom. The molecule has 6 aromatic rings. The van der Waals surface area contributed by atoms with Gasteiger partial charge in [0.2, 0.25) is 11.8 Å². The fourth-order valence-corrected chi connectivity index (χ4v) is 14.6. The van der Waals surface area contributed by atoms with Crippen molar-refractivity contribution in [2.75, 3.05) is 99.4 Å². The number of hydrogen-bond acceptors (Lipinski definition) is 11. The zero-order valence-electron chi connectivity index (χ0n) is 59.6. The summed E-state index contributed by atoms with van der Waals surface area (Å²) in [5.41, 5.74) is 3.12. The molecule has 0 aromatic heterocycles. The highest BCUT2D eigenvalue weighted by atomic mass is 35.5. The van der Waals surface area contributed by atoms with Crippen LogP contribution in [-0.2, 0) is 87.2 Å². The van der Waals surface area contributed by atoms with Crippen molar-refractivity contribution in [2.24, 2.45) is 0 Å². The predicted molar refractivity (Wildman–Crippen MR) is 388 cm³/mol. The number of amides is 3. The topological polar surface area (TPSA) is 138 Å². The van der Waals surface area contributed by atoms with Crippen LogP contribution in [-0.4, -0.2) is 166 Å². The summed E-state index contributed by atoms with van der Waals surface area (Å²) in [4.78, 5) is 73.2. The minimum atomic E-state index is -5.10. The van der Waals surface area contributed by atoms with Gasteiger partial charge in [0.15, 0.2) is 0 Å². The van der Waals surface area contributed by atoms with Gasteiger partial charge in [-0.3, -0.25) is 24.0 Å². The van der Waals surface area contributed by atoms with E-state index in [0.29, 0.717) is 76.2 Å². The van der Waals surface area contributed by atoms with Crippen molar-refractivity contribution in [3.8, 4) is 11.1 Å². The fourth-order valence-electron chi connectivity index (χ4n) is 14.3. The Labute approximate surface area is 612 Å². The van der Waals surface area contributed by atoms with Gasteiger partial charge in [-0.05, 0) is 159 Å². The molecule has 4 aliphatic rings. The Kier molecular flexibility index (Phi) is 29.1. The number of nitrogens with zero attached hydrogens (tertiary/aromatic N) is 5. The van der Waals surface area contributed by atoms with Gasteiger partial charge in [-0.2, -0.15) is 26.3 Å². The number of unbranched alkanes of at least 4 members (excludes halogenated alkanes) is 5. The first kappa shape index (κ1) is 79.8. The van der Waals surface area contributed by atoms with Crippen molar-refractivity contribution < 1.29 is 69.3 Å². The third-order valence-electron chi connectivity index (χ3n) is 20.7. The number of likely N-dealkylation sites (N-methyl/N-ethyl adjacent to an activating group) is 2. The van der Waals surface area contributed by atoms with Crippen molar-refractivity contribution in [1.29, 1.82) is 0 Å². The SMILES string of the molecule is CCCCOC(=O)Cc1ccc(CCCCCCCC(=O)N(C)CCN2CCC(OC(=O)Cc3ccccc3-c3ccccc3)CC2)cc1.CCN(C)C(=O)CO[C@H]1Cc2ccccc2C12CCN(CC[C@@]1(c3ccc(Cl)c(Cl)c3)CN(C(=O)c3cc(C(F)(F)F)cc(C(F)(F)F)c3)CCO1)CC2. The molecule has 103 heavy (non-hydrogen) atoms. The van der Waals surface area contributed by atoms with E-state index in [9.17, 15) is 50.3 Å². The molecular formula is C81H97Cl2F6N5O9. The van der Waals surface area contributed by atoms with Crippen LogP contribution in [0.25, 0.3) is 11.1 Å². The number of carbonyl (C=O) groups excluding carboxylic acids is 5. The van der Waals surface area contributed by atoms with E-state index in [1.54, 1.807) is 30.1 Å². The molecule has 1 spiro atoms. The molecule has 0 unspecified atom stereocenters. The molecule has 2 atom stereocenters. The zero-order chi connectivity index (χ0) is 73.7. The molecule has 0 saturated carbocycles. The summed E-state index contributed by atoms with van der Waals surface area (Å²) >= 11 is 12.7. The molecular weight excluding hydrogens is 1370 g/mol. The lowest BCUT2D eigenvalue weighted by Crippen LogP contribution is -2.54. The molecule has 0 radical (unpaired) electrons. The van der Waals surface area contributed by atoms with E-state index in [-0.39, 0.29) is 90.2 Å². The van der Waals surface area contributed by atoms with Crippen LogP contribution in [0.3, 0.4) is 0 Å². The van der Waals surface area contributed by atoms with Gasteiger partial charge in [-0.15, -0.1) is 0 Å². The van der Waals surface area contributed by atoms with Gasteiger partial charge < -0.3 is 43.4 Å².